The molecular formula is C15H28O4Si. The van der Waals surface area contributed by atoms with E-state index in [1.807, 2.05) is 0 Å². The first-order valence-electron chi connectivity index (χ1n) is 6.67. The molecule has 0 aromatic carbocycles. The van der Waals surface area contributed by atoms with Crippen LogP contribution in [0, 0.1) is 5.92 Å². The van der Waals surface area contributed by atoms with Crippen LogP contribution in [0.3, 0.4) is 0 Å². The molecule has 0 aromatic rings. The zero-order chi connectivity index (χ0) is 16.2. The highest BCUT2D eigenvalue weighted by molar-refractivity contribution is 6.74. The highest BCUT2D eigenvalue weighted by Crippen LogP contribution is 2.37. The van der Waals surface area contributed by atoms with E-state index < -0.39 is 25.8 Å². The molecule has 0 aliphatic heterocycles. The maximum absolute atomic E-state index is 11.8. The van der Waals surface area contributed by atoms with Crippen molar-refractivity contribution in [1.29, 1.82) is 0 Å². The van der Waals surface area contributed by atoms with E-state index in [1.165, 1.54) is 19.3 Å². The lowest BCUT2D eigenvalue weighted by atomic mass is 9.88. The summed E-state index contributed by atoms with van der Waals surface area (Å²) in [6.07, 6.45) is 2.69. The number of ether oxygens (including phenoxy) is 1. The molecule has 0 aliphatic carbocycles. The molecule has 0 unspecified atom stereocenters. The van der Waals surface area contributed by atoms with Crippen molar-refractivity contribution in [3.8, 4) is 0 Å². The average Bonchev–Trinajstić information content (AvgIpc) is 2.36. The van der Waals surface area contributed by atoms with Crippen LogP contribution in [-0.2, 0) is 14.0 Å². The minimum Gasteiger partial charge on any atom is -0.467 e. The van der Waals surface area contributed by atoms with Crippen LogP contribution in [0.2, 0.25) is 18.1 Å². The van der Waals surface area contributed by atoms with E-state index in [2.05, 4.69) is 51.8 Å². The quantitative estimate of drug-likeness (QED) is 0.446. The van der Waals surface area contributed by atoms with Crippen molar-refractivity contribution in [2.75, 3.05) is 13.7 Å². The van der Waals surface area contributed by atoms with Gasteiger partial charge in [-0.2, -0.15) is 0 Å². The summed E-state index contributed by atoms with van der Waals surface area (Å²) in [6, 6.07) is 0. The second-order valence-corrected chi connectivity index (χ2v) is 11.2. The second-order valence-electron chi connectivity index (χ2n) is 6.43. The molecule has 116 valence electrons. The smallest absolute Gasteiger partial charge is 0.342 e. The lowest BCUT2D eigenvalue weighted by Crippen LogP contribution is -2.49. The first-order chi connectivity index (χ1) is 8.96. The van der Waals surface area contributed by atoms with Gasteiger partial charge in [-0.15, -0.1) is 6.58 Å². The van der Waals surface area contributed by atoms with Crippen molar-refractivity contribution in [2.24, 2.45) is 5.92 Å². The van der Waals surface area contributed by atoms with Gasteiger partial charge in [-0.25, -0.2) is 4.79 Å². The Hall–Kier alpha value is -0.913. The van der Waals surface area contributed by atoms with E-state index in [-0.39, 0.29) is 11.6 Å². The second kappa shape index (κ2) is 6.69. The zero-order valence-electron chi connectivity index (χ0n) is 13.5. The summed E-state index contributed by atoms with van der Waals surface area (Å²) in [4.78, 5) is 11.8. The van der Waals surface area contributed by atoms with Crippen molar-refractivity contribution in [3.05, 3.63) is 25.3 Å². The normalized spacial score (nSPS) is 16.9. The number of methoxy groups -OCH3 is 1. The number of carbonyl (C=O) groups excluding carboxylic acids is 1. The molecular weight excluding hydrogens is 272 g/mol. The third-order valence-electron chi connectivity index (χ3n) is 4.10. The van der Waals surface area contributed by atoms with Crippen LogP contribution >= 0.6 is 0 Å². The van der Waals surface area contributed by atoms with Gasteiger partial charge in [0.25, 0.3) is 0 Å². The number of esters is 1. The predicted octanol–water partition coefficient (Wildman–Crippen LogP) is 2.90. The van der Waals surface area contributed by atoms with E-state index in [1.54, 1.807) is 0 Å². The van der Waals surface area contributed by atoms with Crippen LogP contribution in [0.25, 0.3) is 0 Å². The van der Waals surface area contributed by atoms with E-state index in [4.69, 9.17) is 4.43 Å². The van der Waals surface area contributed by atoms with E-state index in [0.29, 0.717) is 0 Å². The van der Waals surface area contributed by atoms with Gasteiger partial charge in [-0.3, -0.25) is 0 Å². The fraction of sp³-hybridized carbons (Fsp3) is 0.667. The molecule has 0 amide bonds. The van der Waals surface area contributed by atoms with Gasteiger partial charge in [0.15, 0.2) is 13.9 Å². The monoisotopic (exact) mass is 300 g/mol. The van der Waals surface area contributed by atoms with E-state index in [9.17, 15) is 9.90 Å². The SMILES string of the molecule is C=C[C@H](CO[Si](C)(C)C(C)(C)C)[C@](O)(C=C)C(=O)OC. The summed E-state index contributed by atoms with van der Waals surface area (Å²) in [6.45, 7) is 18.0. The molecule has 0 heterocycles. The van der Waals surface area contributed by atoms with Crippen molar-refractivity contribution in [1.82, 2.24) is 0 Å². The van der Waals surface area contributed by atoms with Gasteiger partial charge in [-0.05, 0) is 24.2 Å². The van der Waals surface area contributed by atoms with Crippen LogP contribution in [0.1, 0.15) is 20.8 Å². The van der Waals surface area contributed by atoms with Gasteiger partial charge in [0.1, 0.15) is 0 Å². The molecule has 20 heavy (non-hydrogen) atoms. The van der Waals surface area contributed by atoms with Crippen LogP contribution in [0.15, 0.2) is 25.3 Å². The number of aliphatic hydroxyl groups is 1. The largest absolute Gasteiger partial charge is 0.467 e. The fourth-order valence-corrected chi connectivity index (χ4v) is 2.47. The molecule has 4 nitrogen and oxygen atoms in total. The minimum absolute atomic E-state index is 0.0519. The lowest BCUT2D eigenvalue weighted by molar-refractivity contribution is -0.161. The molecule has 0 fully saturated rings. The third-order valence-corrected chi connectivity index (χ3v) is 8.60. The number of hydrogen-bond acceptors (Lipinski definition) is 4. The molecule has 0 rings (SSSR count). The molecule has 0 saturated carbocycles. The molecule has 0 aliphatic rings. The van der Waals surface area contributed by atoms with Gasteiger partial charge in [0.05, 0.1) is 7.11 Å². The van der Waals surface area contributed by atoms with Gasteiger partial charge in [0, 0.05) is 12.5 Å². The summed E-state index contributed by atoms with van der Waals surface area (Å²) in [5.41, 5.74) is -1.81. The number of rotatable bonds is 7. The van der Waals surface area contributed by atoms with Gasteiger partial charge in [-0.1, -0.05) is 33.4 Å². The fourth-order valence-electron chi connectivity index (χ4n) is 1.44. The highest BCUT2D eigenvalue weighted by Gasteiger charge is 2.43. The van der Waals surface area contributed by atoms with Crippen LogP contribution < -0.4 is 0 Å². The highest BCUT2D eigenvalue weighted by atomic mass is 28.4. The Balaban J connectivity index is 5.09. The molecule has 2 atom stereocenters. The topological polar surface area (TPSA) is 55.8 Å². The Kier molecular flexibility index (Phi) is 6.39. The van der Waals surface area contributed by atoms with Crippen molar-refractivity contribution < 1.29 is 19.1 Å². The zero-order valence-corrected chi connectivity index (χ0v) is 14.5. The summed E-state index contributed by atoms with van der Waals surface area (Å²) in [5, 5.41) is 10.5. The Morgan fingerprint density at radius 1 is 1.35 bits per heavy atom. The molecule has 0 saturated heterocycles. The van der Waals surface area contributed by atoms with Gasteiger partial charge in [0.2, 0.25) is 0 Å². The Labute approximate surface area is 123 Å². The summed E-state index contributed by atoms with van der Waals surface area (Å²) < 4.78 is 10.7. The Bertz CT molecular complexity index is 371. The minimum atomic E-state index is -1.97. The maximum atomic E-state index is 11.8. The predicted molar refractivity (Wildman–Crippen MR) is 84.0 cm³/mol. The number of hydrogen-bond donors (Lipinski definition) is 1. The molecule has 0 aromatic heterocycles. The summed E-state index contributed by atoms with van der Waals surface area (Å²) >= 11 is 0. The maximum Gasteiger partial charge on any atom is 0.342 e. The molecule has 0 radical (unpaired) electrons. The standard InChI is InChI=1S/C15H28O4Si/c1-9-12(15(17,10-2)13(16)18-6)11-19-20(7,8)14(3,4)5/h9-10,12,17H,1-2,11H2,3-8H3/t12-,15-/m1/s1. The van der Waals surface area contributed by atoms with Crippen molar-refractivity contribution in [2.45, 2.75) is 44.5 Å². The lowest BCUT2D eigenvalue weighted by Gasteiger charge is -2.38. The molecule has 0 spiro atoms. The molecule has 5 heteroatoms. The molecule has 1 N–H and O–H groups in total. The Morgan fingerprint density at radius 2 is 1.85 bits per heavy atom. The third kappa shape index (κ3) is 4.04. The average molecular weight is 300 g/mol. The molecule has 0 bridgehead atoms. The first-order valence-corrected chi connectivity index (χ1v) is 9.58. The van der Waals surface area contributed by atoms with Crippen LogP contribution in [0.4, 0.5) is 0 Å². The van der Waals surface area contributed by atoms with Crippen LogP contribution in [-0.4, -0.2) is 38.7 Å². The summed E-state index contributed by atoms with van der Waals surface area (Å²) in [5.74, 6) is -1.35. The van der Waals surface area contributed by atoms with Crippen LogP contribution in [0.5, 0.6) is 0 Å². The Morgan fingerprint density at radius 3 is 2.15 bits per heavy atom. The van der Waals surface area contributed by atoms with Gasteiger partial charge < -0.3 is 14.3 Å². The van der Waals surface area contributed by atoms with Crippen molar-refractivity contribution in [3.63, 3.8) is 0 Å². The summed E-state index contributed by atoms with van der Waals surface area (Å²) in [7, 11) is -0.738. The van der Waals surface area contributed by atoms with E-state index in [0.717, 1.165) is 0 Å². The first kappa shape index (κ1) is 19.1. The van der Waals surface area contributed by atoms with E-state index >= 15 is 0 Å². The van der Waals surface area contributed by atoms with Crippen molar-refractivity contribution >= 4 is 14.3 Å². The van der Waals surface area contributed by atoms with Gasteiger partial charge >= 0.3 is 5.97 Å². The number of carbonyl (C=O) groups is 1.